The van der Waals surface area contributed by atoms with E-state index in [2.05, 4.69) is 4.98 Å². The number of benzene rings is 2. The number of rotatable bonds is 4. The smallest absolute Gasteiger partial charge is 0.350 e. The van der Waals surface area contributed by atoms with Crippen LogP contribution in [0.1, 0.15) is 32.5 Å². The van der Waals surface area contributed by atoms with Gasteiger partial charge in [0, 0.05) is 5.56 Å². The molecule has 1 saturated heterocycles. The molecular weight excluding hydrogens is 487 g/mol. The molecule has 2 aromatic carbocycles. The molecule has 33 heavy (non-hydrogen) atoms. The Bertz CT molecular complexity index is 1320. The Morgan fingerprint density at radius 1 is 1.12 bits per heavy atom. The van der Waals surface area contributed by atoms with Gasteiger partial charge in [-0.15, -0.1) is 0 Å². The fourth-order valence-corrected chi connectivity index (χ4v) is 4.86. The molecule has 10 heteroatoms. The van der Waals surface area contributed by atoms with E-state index in [1.165, 1.54) is 19.2 Å². The van der Waals surface area contributed by atoms with Crippen LogP contribution in [0.5, 0.6) is 0 Å². The number of aryl methyl sites for hydroxylation is 1. The van der Waals surface area contributed by atoms with Crippen molar-refractivity contribution in [3.63, 3.8) is 0 Å². The Morgan fingerprint density at radius 3 is 2.45 bits per heavy atom. The maximum absolute atomic E-state index is 13.2. The fraction of sp³-hybridized carbons (Fsp3) is 0.130. The molecule has 0 spiro atoms. The van der Waals surface area contributed by atoms with Gasteiger partial charge in [0.2, 0.25) is 0 Å². The number of nitrogens with zero attached hydrogens (tertiary/aromatic N) is 2. The summed E-state index contributed by atoms with van der Waals surface area (Å²) in [5, 5.41) is 11.7. The minimum atomic E-state index is -1.05. The van der Waals surface area contributed by atoms with Gasteiger partial charge in [0.15, 0.2) is 5.13 Å². The van der Waals surface area contributed by atoms with Crippen molar-refractivity contribution in [3.05, 3.63) is 85.8 Å². The highest BCUT2D eigenvalue weighted by atomic mass is 35.5. The molecule has 1 aliphatic heterocycles. The number of esters is 1. The van der Waals surface area contributed by atoms with Crippen molar-refractivity contribution in [2.45, 2.75) is 13.0 Å². The molecule has 0 saturated carbocycles. The zero-order valence-electron chi connectivity index (χ0n) is 17.3. The highest BCUT2D eigenvalue weighted by molar-refractivity contribution is 7.17. The first-order valence-corrected chi connectivity index (χ1v) is 11.2. The number of methoxy groups -OCH3 is 1. The summed E-state index contributed by atoms with van der Waals surface area (Å²) in [6, 6.07) is 12.0. The van der Waals surface area contributed by atoms with E-state index in [1.54, 1.807) is 43.3 Å². The molecule has 0 aliphatic carbocycles. The van der Waals surface area contributed by atoms with Crippen molar-refractivity contribution < 1.29 is 24.2 Å². The molecule has 1 amide bonds. The summed E-state index contributed by atoms with van der Waals surface area (Å²) in [7, 11) is 1.24. The van der Waals surface area contributed by atoms with Gasteiger partial charge in [-0.3, -0.25) is 14.5 Å². The summed E-state index contributed by atoms with van der Waals surface area (Å²) in [5.74, 6) is -2.73. The topological polar surface area (TPSA) is 96.8 Å². The van der Waals surface area contributed by atoms with Gasteiger partial charge in [0.25, 0.3) is 5.78 Å². The Labute approximate surface area is 202 Å². The van der Waals surface area contributed by atoms with Crippen LogP contribution in [0.25, 0.3) is 5.76 Å². The lowest BCUT2D eigenvalue weighted by Crippen LogP contribution is -2.29. The van der Waals surface area contributed by atoms with Gasteiger partial charge in [-0.1, -0.05) is 70.9 Å². The molecule has 1 aromatic heterocycles. The van der Waals surface area contributed by atoms with Crippen molar-refractivity contribution in [2.75, 3.05) is 12.0 Å². The van der Waals surface area contributed by atoms with Crippen molar-refractivity contribution >= 4 is 63.1 Å². The summed E-state index contributed by atoms with van der Waals surface area (Å²) in [4.78, 5) is 44.1. The van der Waals surface area contributed by atoms with Crippen LogP contribution < -0.4 is 4.90 Å². The standard InChI is InChI=1S/C23H16Cl2N2O5S/c1-11-20(22(31)32-2)33-23(26-11)27-17(13-8-9-14(24)15(25)10-13)16(19(29)21(27)30)18(28)12-6-4-3-5-7-12/h3-10,17,28H,1-2H3/b18-16+. The van der Waals surface area contributed by atoms with Crippen molar-refractivity contribution in [3.8, 4) is 0 Å². The number of hydrogen-bond acceptors (Lipinski definition) is 7. The molecule has 1 N–H and O–H groups in total. The molecule has 4 rings (SSSR count). The van der Waals surface area contributed by atoms with Crippen LogP contribution in [0.2, 0.25) is 10.0 Å². The average molecular weight is 503 g/mol. The Kier molecular flexibility index (Phi) is 6.25. The number of thiazole rings is 1. The number of aromatic nitrogens is 1. The van der Waals surface area contributed by atoms with Crippen LogP contribution in [0.3, 0.4) is 0 Å². The van der Waals surface area contributed by atoms with Gasteiger partial charge >= 0.3 is 11.9 Å². The van der Waals surface area contributed by atoms with E-state index >= 15 is 0 Å². The first-order chi connectivity index (χ1) is 15.7. The number of amides is 1. The first kappa shape index (κ1) is 23.0. The molecule has 1 atom stereocenters. The van der Waals surface area contributed by atoms with Crippen LogP contribution in [-0.2, 0) is 14.3 Å². The number of carbonyl (C=O) groups excluding carboxylic acids is 3. The van der Waals surface area contributed by atoms with Crippen LogP contribution in [0, 0.1) is 6.92 Å². The van der Waals surface area contributed by atoms with E-state index in [1.807, 2.05) is 0 Å². The highest BCUT2D eigenvalue weighted by Crippen LogP contribution is 2.44. The van der Waals surface area contributed by atoms with Gasteiger partial charge in [0.05, 0.1) is 34.5 Å². The largest absolute Gasteiger partial charge is 0.507 e. The molecule has 3 aromatic rings. The molecule has 0 bridgehead atoms. The van der Waals surface area contributed by atoms with Crippen LogP contribution in [-0.4, -0.2) is 34.9 Å². The van der Waals surface area contributed by atoms with E-state index in [4.69, 9.17) is 27.9 Å². The maximum Gasteiger partial charge on any atom is 0.350 e. The summed E-state index contributed by atoms with van der Waals surface area (Å²) in [6.45, 7) is 1.60. The normalized spacial score (nSPS) is 17.5. The minimum absolute atomic E-state index is 0.109. The molecule has 168 valence electrons. The van der Waals surface area contributed by atoms with Crippen LogP contribution in [0.15, 0.2) is 54.1 Å². The third-order valence-electron chi connectivity index (χ3n) is 5.11. The zero-order valence-corrected chi connectivity index (χ0v) is 19.7. The number of anilines is 1. The third-order valence-corrected chi connectivity index (χ3v) is 6.99. The van der Waals surface area contributed by atoms with Gasteiger partial charge in [-0.25, -0.2) is 9.78 Å². The minimum Gasteiger partial charge on any atom is -0.507 e. The quantitative estimate of drug-likeness (QED) is 0.228. The van der Waals surface area contributed by atoms with Gasteiger partial charge in [-0.2, -0.15) is 0 Å². The van der Waals surface area contributed by atoms with Gasteiger partial charge < -0.3 is 9.84 Å². The van der Waals surface area contributed by atoms with Crippen LogP contribution >= 0.6 is 34.5 Å². The molecule has 2 heterocycles. The number of ketones is 1. The number of aliphatic hydroxyl groups excluding tert-OH is 1. The van der Waals surface area contributed by atoms with E-state index in [0.29, 0.717) is 21.8 Å². The maximum atomic E-state index is 13.2. The van der Waals surface area contributed by atoms with Crippen molar-refractivity contribution in [2.24, 2.45) is 0 Å². The number of hydrogen-bond donors (Lipinski definition) is 1. The summed E-state index contributed by atoms with van der Waals surface area (Å²) >= 11 is 13.2. The lowest BCUT2D eigenvalue weighted by atomic mass is 9.95. The predicted molar refractivity (Wildman–Crippen MR) is 126 cm³/mol. The Hall–Kier alpha value is -3.20. The molecule has 1 fully saturated rings. The van der Waals surface area contributed by atoms with Crippen molar-refractivity contribution in [1.29, 1.82) is 0 Å². The number of aliphatic hydroxyl groups is 1. The van der Waals surface area contributed by atoms with Gasteiger partial charge in [0.1, 0.15) is 10.6 Å². The first-order valence-electron chi connectivity index (χ1n) is 9.61. The van der Waals surface area contributed by atoms with E-state index in [9.17, 15) is 19.5 Å². The Morgan fingerprint density at radius 2 is 1.82 bits per heavy atom. The predicted octanol–water partition coefficient (Wildman–Crippen LogP) is 5.17. The fourth-order valence-electron chi connectivity index (χ4n) is 3.55. The number of halogens is 2. The lowest BCUT2D eigenvalue weighted by molar-refractivity contribution is -0.132. The second-order valence-corrected chi connectivity index (χ2v) is 8.90. The summed E-state index contributed by atoms with van der Waals surface area (Å²) in [6.07, 6.45) is 0. The number of carbonyl (C=O) groups is 3. The molecule has 1 unspecified atom stereocenters. The number of ether oxygens (including phenoxy) is 1. The second-order valence-electron chi connectivity index (χ2n) is 7.11. The lowest BCUT2D eigenvalue weighted by Gasteiger charge is -2.23. The monoisotopic (exact) mass is 502 g/mol. The molecule has 0 radical (unpaired) electrons. The van der Waals surface area contributed by atoms with E-state index in [-0.39, 0.29) is 26.4 Å². The van der Waals surface area contributed by atoms with Crippen LogP contribution in [0.4, 0.5) is 5.13 Å². The molecule has 7 nitrogen and oxygen atoms in total. The van der Waals surface area contributed by atoms with E-state index in [0.717, 1.165) is 16.2 Å². The zero-order chi connectivity index (χ0) is 23.9. The molecular formula is C23H16Cl2N2O5S. The SMILES string of the molecule is COC(=O)c1sc(N2C(=O)C(=O)/C(=C(/O)c3ccccc3)C2c2ccc(Cl)c(Cl)c2)nc1C. The molecule has 1 aliphatic rings. The van der Waals surface area contributed by atoms with Gasteiger partial charge in [-0.05, 0) is 24.6 Å². The Balaban J connectivity index is 1.96. The second kappa shape index (κ2) is 8.97. The van der Waals surface area contributed by atoms with E-state index < -0.39 is 23.7 Å². The van der Waals surface area contributed by atoms with Crippen molar-refractivity contribution in [1.82, 2.24) is 4.98 Å². The number of Topliss-reactive ketones (excluding diaryl/α,β-unsaturated/α-hetero) is 1. The highest BCUT2D eigenvalue weighted by Gasteiger charge is 2.48. The average Bonchev–Trinajstić information content (AvgIpc) is 3.32. The third kappa shape index (κ3) is 4.01. The summed E-state index contributed by atoms with van der Waals surface area (Å²) in [5.41, 5.74) is 1.02. The summed E-state index contributed by atoms with van der Waals surface area (Å²) < 4.78 is 4.78.